The maximum Gasteiger partial charge on any atom is 0.220 e. The second kappa shape index (κ2) is 4.09. The smallest absolute Gasteiger partial charge is 0.220 e. The third-order valence-electron chi connectivity index (χ3n) is 2.82. The summed E-state index contributed by atoms with van der Waals surface area (Å²) in [6.45, 7) is 2.15. The highest BCUT2D eigenvalue weighted by molar-refractivity contribution is 5.76. The van der Waals surface area contributed by atoms with Crippen molar-refractivity contribution in [3.63, 3.8) is 0 Å². The Hall–Kier alpha value is -0.570. The van der Waals surface area contributed by atoms with Crippen LogP contribution >= 0.6 is 0 Å². The molecular weight excluding hydrogens is 164 g/mol. The second-order valence-corrected chi connectivity index (χ2v) is 4.26. The number of hydrogen-bond donors (Lipinski definition) is 2. The predicted octanol–water partition coefficient (Wildman–Crippen LogP) is 0.655. The third-order valence-corrected chi connectivity index (χ3v) is 2.82. The molecule has 2 fully saturated rings. The molecule has 1 heterocycles. The highest BCUT2D eigenvalue weighted by Gasteiger charge is 2.24. The Morgan fingerprint density at radius 1 is 1.38 bits per heavy atom. The molecule has 0 aromatic carbocycles. The molecule has 0 aromatic rings. The fourth-order valence-electron chi connectivity index (χ4n) is 1.87. The van der Waals surface area contributed by atoms with Gasteiger partial charge in [-0.1, -0.05) is 0 Å². The molecule has 1 saturated carbocycles. The van der Waals surface area contributed by atoms with E-state index in [2.05, 4.69) is 10.6 Å². The quantitative estimate of drug-likeness (QED) is 0.673. The molecule has 0 spiro atoms. The Balaban J connectivity index is 1.66. The predicted molar refractivity (Wildman–Crippen MR) is 51.4 cm³/mol. The first-order chi connectivity index (χ1) is 6.34. The van der Waals surface area contributed by atoms with Gasteiger partial charge in [0.15, 0.2) is 0 Å². The van der Waals surface area contributed by atoms with Crippen LogP contribution in [0.2, 0.25) is 0 Å². The summed E-state index contributed by atoms with van der Waals surface area (Å²) in [5.74, 6) is 0.837. The van der Waals surface area contributed by atoms with Gasteiger partial charge in [-0.15, -0.1) is 0 Å². The lowest BCUT2D eigenvalue weighted by Crippen LogP contribution is -2.34. The van der Waals surface area contributed by atoms with Crippen LogP contribution in [0, 0.1) is 5.92 Å². The minimum atomic E-state index is 0.260. The molecule has 0 aromatic heterocycles. The van der Waals surface area contributed by atoms with Gasteiger partial charge in [-0.2, -0.15) is 0 Å². The topological polar surface area (TPSA) is 41.1 Å². The van der Waals surface area contributed by atoms with Crippen molar-refractivity contribution in [1.29, 1.82) is 0 Å². The van der Waals surface area contributed by atoms with Gasteiger partial charge in [-0.25, -0.2) is 0 Å². The van der Waals surface area contributed by atoms with E-state index in [1.807, 2.05) is 0 Å². The van der Waals surface area contributed by atoms with E-state index in [0.29, 0.717) is 12.0 Å². The summed E-state index contributed by atoms with van der Waals surface area (Å²) in [5, 5.41) is 6.36. The molecule has 13 heavy (non-hydrogen) atoms. The van der Waals surface area contributed by atoms with Crippen LogP contribution < -0.4 is 10.6 Å². The van der Waals surface area contributed by atoms with Crippen LogP contribution in [0.25, 0.3) is 0 Å². The monoisotopic (exact) mass is 182 g/mol. The normalized spacial score (nSPS) is 28.5. The minimum absolute atomic E-state index is 0.260. The van der Waals surface area contributed by atoms with Gasteiger partial charge in [-0.05, 0) is 44.7 Å². The lowest BCUT2D eigenvalue weighted by molar-refractivity contribution is -0.122. The number of nitrogens with one attached hydrogen (secondary N) is 2. The maximum atomic E-state index is 11.4. The molecule has 1 aliphatic heterocycles. The fourth-order valence-corrected chi connectivity index (χ4v) is 1.87. The number of hydrogen-bond acceptors (Lipinski definition) is 2. The van der Waals surface area contributed by atoms with Gasteiger partial charge in [0.25, 0.3) is 0 Å². The van der Waals surface area contributed by atoms with Crippen LogP contribution in [0.4, 0.5) is 0 Å². The highest BCUT2D eigenvalue weighted by atomic mass is 16.1. The molecule has 1 amide bonds. The molecule has 0 bridgehead atoms. The SMILES string of the molecule is O=C(C[C@H]1CCCNC1)NC1CC1. The van der Waals surface area contributed by atoms with Crippen molar-refractivity contribution in [2.75, 3.05) is 13.1 Å². The summed E-state index contributed by atoms with van der Waals surface area (Å²) in [6, 6.07) is 0.518. The average molecular weight is 182 g/mol. The zero-order valence-electron chi connectivity index (χ0n) is 8.01. The summed E-state index contributed by atoms with van der Waals surface area (Å²) in [6.07, 6.45) is 5.54. The number of rotatable bonds is 3. The van der Waals surface area contributed by atoms with Crippen LogP contribution in [0.5, 0.6) is 0 Å². The molecule has 0 unspecified atom stereocenters. The highest BCUT2D eigenvalue weighted by Crippen LogP contribution is 2.20. The van der Waals surface area contributed by atoms with Crippen LogP contribution in [-0.4, -0.2) is 25.0 Å². The third kappa shape index (κ3) is 2.99. The van der Waals surface area contributed by atoms with Crippen LogP contribution in [0.15, 0.2) is 0 Å². The molecule has 2 rings (SSSR count). The van der Waals surface area contributed by atoms with Crippen molar-refractivity contribution in [2.45, 2.75) is 38.1 Å². The van der Waals surface area contributed by atoms with Crippen LogP contribution in [0.3, 0.4) is 0 Å². The fraction of sp³-hybridized carbons (Fsp3) is 0.900. The standard InChI is InChI=1S/C10H18N2O/c13-10(12-9-3-4-9)6-8-2-1-5-11-7-8/h8-9,11H,1-7H2,(H,12,13)/t8-/m1/s1. The number of carbonyl (C=O) groups excluding carboxylic acids is 1. The summed E-state index contributed by atoms with van der Waals surface area (Å²) < 4.78 is 0. The van der Waals surface area contributed by atoms with Gasteiger partial charge in [-0.3, -0.25) is 4.79 Å². The molecule has 2 aliphatic rings. The molecular formula is C10H18N2O. The van der Waals surface area contributed by atoms with E-state index in [0.717, 1.165) is 19.5 Å². The molecule has 3 nitrogen and oxygen atoms in total. The summed E-state index contributed by atoms with van der Waals surface area (Å²) >= 11 is 0. The first-order valence-corrected chi connectivity index (χ1v) is 5.34. The zero-order chi connectivity index (χ0) is 9.10. The minimum Gasteiger partial charge on any atom is -0.353 e. The molecule has 1 aliphatic carbocycles. The largest absolute Gasteiger partial charge is 0.353 e. The van der Waals surface area contributed by atoms with Crippen molar-refractivity contribution in [3.05, 3.63) is 0 Å². The van der Waals surface area contributed by atoms with Crippen molar-refractivity contribution in [2.24, 2.45) is 5.92 Å². The van der Waals surface area contributed by atoms with Gasteiger partial charge < -0.3 is 10.6 Å². The Kier molecular flexibility index (Phi) is 2.83. The molecule has 1 atom stereocenters. The van der Waals surface area contributed by atoms with Crippen molar-refractivity contribution in [1.82, 2.24) is 10.6 Å². The van der Waals surface area contributed by atoms with Crippen LogP contribution in [-0.2, 0) is 4.79 Å². The van der Waals surface area contributed by atoms with E-state index >= 15 is 0 Å². The maximum absolute atomic E-state index is 11.4. The van der Waals surface area contributed by atoms with Crippen molar-refractivity contribution >= 4 is 5.91 Å². The molecule has 0 radical (unpaired) electrons. The Morgan fingerprint density at radius 2 is 2.23 bits per heavy atom. The van der Waals surface area contributed by atoms with Crippen molar-refractivity contribution in [3.8, 4) is 0 Å². The van der Waals surface area contributed by atoms with Gasteiger partial charge in [0.1, 0.15) is 0 Å². The zero-order valence-corrected chi connectivity index (χ0v) is 8.01. The van der Waals surface area contributed by atoms with E-state index in [1.165, 1.54) is 25.7 Å². The molecule has 3 heteroatoms. The van der Waals surface area contributed by atoms with Gasteiger partial charge in [0.2, 0.25) is 5.91 Å². The van der Waals surface area contributed by atoms with Gasteiger partial charge in [0, 0.05) is 12.5 Å². The van der Waals surface area contributed by atoms with Crippen LogP contribution in [0.1, 0.15) is 32.1 Å². The lowest BCUT2D eigenvalue weighted by Gasteiger charge is -2.21. The van der Waals surface area contributed by atoms with E-state index in [4.69, 9.17) is 0 Å². The van der Waals surface area contributed by atoms with E-state index in [9.17, 15) is 4.79 Å². The molecule has 1 saturated heterocycles. The Bertz CT molecular complexity index is 183. The summed E-state index contributed by atoms with van der Waals surface area (Å²) in [4.78, 5) is 11.4. The van der Waals surface area contributed by atoms with Gasteiger partial charge >= 0.3 is 0 Å². The summed E-state index contributed by atoms with van der Waals surface area (Å²) in [5.41, 5.74) is 0. The van der Waals surface area contributed by atoms with E-state index < -0.39 is 0 Å². The van der Waals surface area contributed by atoms with E-state index in [-0.39, 0.29) is 5.91 Å². The lowest BCUT2D eigenvalue weighted by atomic mass is 9.96. The van der Waals surface area contributed by atoms with E-state index in [1.54, 1.807) is 0 Å². The Morgan fingerprint density at radius 3 is 2.85 bits per heavy atom. The summed E-state index contributed by atoms with van der Waals surface area (Å²) in [7, 11) is 0. The average Bonchev–Trinajstić information content (AvgIpc) is 2.90. The number of amides is 1. The molecule has 2 N–H and O–H groups in total. The second-order valence-electron chi connectivity index (χ2n) is 4.26. The number of carbonyl (C=O) groups is 1. The number of piperidine rings is 1. The Labute approximate surface area is 79.3 Å². The first-order valence-electron chi connectivity index (χ1n) is 5.34. The molecule has 74 valence electrons. The van der Waals surface area contributed by atoms with Gasteiger partial charge in [0.05, 0.1) is 0 Å². The van der Waals surface area contributed by atoms with Crippen molar-refractivity contribution < 1.29 is 4.79 Å². The first kappa shape index (κ1) is 9.00.